The summed E-state index contributed by atoms with van der Waals surface area (Å²) in [4.78, 5) is 4.36. The van der Waals surface area contributed by atoms with E-state index in [1.165, 1.54) is 11.5 Å². The largest absolute Gasteiger partial charge is 0.384 e. The number of aromatic nitrogens is 2. The van der Waals surface area contributed by atoms with E-state index in [0.29, 0.717) is 6.61 Å². The normalized spacial score (nSPS) is 10.9. The highest BCUT2D eigenvalue weighted by Crippen LogP contribution is 2.12. The minimum atomic E-state index is 0.683. The van der Waals surface area contributed by atoms with Crippen LogP contribution in [0.1, 0.15) is 26.1 Å². The van der Waals surface area contributed by atoms with E-state index < -0.39 is 0 Å². The lowest BCUT2D eigenvalue weighted by Gasteiger charge is -2.03. The van der Waals surface area contributed by atoms with Crippen molar-refractivity contribution in [3.8, 4) is 0 Å². The van der Waals surface area contributed by atoms with Crippen LogP contribution in [0.4, 0.5) is 5.13 Å². The smallest absolute Gasteiger partial charge is 0.202 e. The van der Waals surface area contributed by atoms with Crippen molar-refractivity contribution < 1.29 is 4.74 Å². The van der Waals surface area contributed by atoms with Gasteiger partial charge < -0.3 is 10.1 Å². The maximum atomic E-state index is 4.97. The molecule has 5 heteroatoms. The molecule has 1 N–H and O–H groups in total. The quantitative estimate of drug-likeness (QED) is 0.778. The van der Waals surface area contributed by atoms with E-state index in [4.69, 9.17) is 4.74 Å². The summed E-state index contributed by atoms with van der Waals surface area (Å²) in [6.07, 6.45) is 1.95. The average molecular weight is 229 g/mol. The molecule has 1 heterocycles. The maximum absolute atomic E-state index is 4.97. The molecule has 0 unspecified atom stereocenters. The SMILES string of the molecule is COCCc1nsc(NCCC(C)C)n1. The third-order valence-electron chi connectivity index (χ3n) is 2.00. The fraction of sp³-hybridized carbons (Fsp3) is 0.800. The van der Waals surface area contributed by atoms with Crippen LogP contribution in [0.2, 0.25) is 0 Å². The van der Waals surface area contributed by atoms with E-state index in [1.54, 1.807) is 7.11 Å². The van der Waals surface area contributed by atoms with Crippen molar-refractivity contribution in [2.45, 2.75) is 26.7 Å². The lowest BCUT2D eigenvalue weighted by molar-refractivity contribution is 0.201. The second-order valence-corrected chi connectivity index (χ2v) is 4.62. The van der Waals surface area contributed by atoms with Crippen LogP contribution in [-0.4, -0.2) is 29.6 Å². The number of nitrogens with zero attached hydrogens (tertiary/aromatic N) is 2. The van der Waals surface area contributed by atoms with Gasteiger partial charge in [-0.3, -0.25) is 0 Å². The van der Waals surface area contributed by atoms with Crippen molar-refractivity contribution >= 4 is 16.7 Å². The minimum Gasteiger partial charge on any atom is -0.384 e. The number of ether oxygens (including phenoxy) is 1. The first kappa shape index (κ1) is 12.4. The third kappa shape index (κ3) is 5.09. The molecule has 0 aliphatic heterocycles. The summed E-state index contributed by atoms with van der Waals surface area (Å²) in [6, 6.07) is 0. The van der Waals surface area contributed by atoms with Gasteiger partial charge in [0.2, 0.25) is 5.13 Å². The molecule has 0 radical (unpaired) electrons. The van der Waals surface area contributed by atoms with Crippen molar-refractivity contribution in [1.29, 1.82) is 0 Å². The van der Waals surface area contributed by atoms with Gasteiger partial charge in [-0.1, -0.05) is 13.8 Å². The van der Waals surface area contributed by atoms with Crippen molar-refractivity contribution in [1.82, 2.24) is 9.36 Å². The summed E-state index contributed by atoms with van der Waals surface area (Å²) in [6.45, 7) is 6.08. The summed E-state index contributed by atoms with van der Waals surface area (Å²) in [5, 5.41) is 4.20. The average Bonchev–Trinajstić information content (AvgIpc) is 2.62. The Morgan fingerprint density at radius 1 is 1.47 bits per heavy atom. The lowest BCUT2D eigenvalue weighted by Crippen LogP contribution is -2.04. The van der Waals surface area contributed by atoms with Gasteiger partial charge >= 0.3 is 0 Å². The molecule has 0 fully saturated rings. The third-order valence-corrected chi connectivity index (χ3v) is 2.71. The van der Waals surface area contributed by atoms with Gasteiger partial charge in [-0.05, 0) is 12.3 Å². The summed E-state index contributed by atoms with van der Waals surface area (Å²) < 4.78 is 9.21. The Labute approximate surface area is 95.2 Å². The summed E-state index contributed by atoms with van der Waals surface area (Å²) in [5.74, 6) is 1.59. The first-order chi connectivity index (χ1) is 7.22. The molecule has 0 amide bonds. The van der Waals surface area contributed by atoms with Gasteiger partial charge in [-0.2, -0.15) is 4.37 Å². The van der Waals surface area contributed by atoms with Crippen molar-refractivity contribution in [3.05, 3.63) is 5.82 Å². The minimum absolute atomic E-state index is 0.683. The molecule has 1 aromatic heterocycles. The van der Waals surface area contributed by atoms with Crippen LogP contribution in [0.25, 0.3) is 0 Å². The summed E-state index contributed by atoms with van der Waals surface area (Å²) in [5.41, 5.74) is 0. The Bertz CT molecular complexity index is 275. The van der Waals surface area contributed by atoms with Crippen LogP contribution in [0.3, 0.4) is 0 Å². The second kappa shape index (κ2) is 6.74. The highest BCUT2D eigenvalue weighted by molar-refractivity contribution is 7.09. The zero-order valence-electron chi connectivity index (χ0n) is 9.62. The van der Waals surface area contributed by atoms with Crippen molar-refractivity contribution in [2.24, 2.45) is 5.92 Å². The van der Waals surface area contributed by atoms with E-state index in [-0.39, 0.29) is 0 Å². The van der Waals surface area contributed by atoms with E-state index in [1.807, 2.05) is 0 Å². The molecule has 0 aliphatic carbocycles. The number of rotatable bonds is 7. The topological polar surface area (TPSA) is 47.0 Å². The Hall–Kier alpha value is -0.680. The Morgan fingerprint density at radius 3 is 2.93 bits per heavy atom. The highest BCUT2D eigenvalue weighted by atomic mass is 32.1. The van der Waals surface area contributed by atoms with Gasteiger partial charge in [-0.15, -0.1) is 0 Å². The van der Waals surface area contributed by atoms with Crippen LogP contribution < -0.4 is 5.32 Å². The summed E-state index contributed by atoms with van der Waals surface area (Å²) >= 11 is 1.42. The van der Waals surface area contributed by atoms with Crippen LogP contribution >= 0.6 is 11.5 Å². The lowest BCUT2D eigenvalue weighted by atomic mass is 10.1. The molecule has 1 rings (SSSR count). The first-order valence-corrected chi connectivity index (χ1v) is 6.05. The van der Waals surface area contributed by atoms with Gasteiger partial charge in [-0.25, -0.2) is 4.98 Å². The van der Waals surface area contributed by atoms with Gasteiger partial charge in [0.1, 0.15) is 5.82 Å². The Balaban J connectivity index is 2.26. The van der Waals surface area contributed by atoms with E-state index in [2.05, 4.69) is 28.5 Å². The molecule has 4 nitrogen and oxygen atoms in total. The fourth-order valence-corrected chi connectivity index (χ4v) is 1.73. The molecule has 0 saturated carbocycles. The number of anilines is 1. The number of nitrogens with one attached hydrogen (secondary N) is 1. The Kier molecular flexibility index (Phi) is 5.57. The van der Waals surface area contributed by atoms with Gasteiger partial charge in [0.05, 0.1) is 6.61 Å². The van der Waals surface area contributed by atoms with Crippen LogP contribution in [-0.2, 0) is 11.2 Å². The Morgan fingerprint density at radius 2 is 2.27 bits per heavy atom. The fourth-order valence-electron chi connectivity index (χ4n) is 1.09. The zero-order chi connectivity index (χ0) is 11.1. The predicted molar refractivity (Wildman–Crippen MR) is 63.4 cm³/mol. The molecule has 15 heavy (non-hydrogen) atoms. The van der Waals surface area contributed by atoms with Crippen molar-refractivity contribution in [3.63, 3.8) is 0 Å². The van der Waals surface area contributed by atoms with Gasteiger partial charge in [0, 0.05) is 31.6 Å². The first-order valence-electron chi connectivity index (χ1n) is 5.27. The molecule has 0 bridgehead atoms. The van der Waals surface area contributed by atoms with E-state index in [0.717, 1.165) is 36.3 Å². The summed E-state index contributed by atoms with van der Waals surface area (Å²) in [7, 11) is 1.69. The monoisotopic (exact) mass is 229 g/mol. The number of hydrogen-bond acceptors (Lipinski definition) is 5. The molecular weight excluding hydrogens is 210 g/mol. The molecule has 1 aromatic rings. The number of methoxy groups -OCH3 is 1. The molecule has 0 spiro atoms. The maximum Gasteiger partial charge on any atom is 0.202 e. The van der Waals surface area contributed by atoms with Gasteiger partial charge in [0.15, 0.2) is 0 Å². The number of hydrogen-bond donors (Lipinski definition) is 1. The molecule has 0 saturated heterocycles. The van der Waals surface area contributed by atoms with Crippen LogP contribution in [0.15, 0.2) is 0 Å². The molecule has 0 aromatic carbocycles. The second-order valence-electron chi connectivity index (χ2n) is 3.87. The predicted octanol–water partition coefficient (Wildman–Crippen LogP) is 2.19. The van der Waals surface area contributed by atoms with E-state index in [9.17, 15) is 0 Å². The van der Waals surface area contributed by atoms with E-state index >= 15 is 0 Å². The molecule has 86 valence electrons. The van der Waals surface area contributed by atoms with Gasteiger partial charge in [0.25, 0.3) is 0 Å². The van der Waals surface area contributed by atoms with Crippen LogP contribution in [0.5, 0.6) is 0 Å². The molecule has 0 atom stereocenters. The van der Waals surface area contributed by atoms with Crippen molar-refractivity contribution in [2.75, 3.05) is 25.6 Å². The molecular formula is C10H19N3OS. The standard InChI is InChI=1S/C10H19N3OS/c1-8(2)4-6-11-10-12-9(13-15-10)5-7-14-3/h8H,4-7H2,1-3H3,(H,11,12,13). The van der Waals surface area contributed by atoms with Crippen LogP contribution in [0, 0.1) is 5.92 Å². The zero-order valence-corrected chi connectivity index (χ0v) is 10.4. The highest BCUT2D eigenvalue weighted by Gasteiger charge is 2.03. The molecule has 0 aliphatic rings.